The summed E-state index contributed by atoms with van der Waals surface area (Å²) in [4.78, 5) is 0. The van der Waals surface area contributed by atoms with Gasteiger partial charge in [-0.3, -0.25) is 0 Å². The molecule has 1 unspecified atom stereocenters. The zero-order chi connectivity index (χ0) is 14.3. The van der Waals surface area contributed by atoms with Gasteiger partial charge >= 0.3 is 0 Å². The average molecular weight is 260 g/mol. The number of ether oxygens (including phenoxy) is 2. The zero-order valence-electron chi connectivity index (χ0n) is 12.8. The standard InChI is InChI=1S/C17H24O2/c1-16(2,3)14-11-19-15(17(14,4)5)12-8-7-9-13(10-12)18-6/h7-11,15H,1-6H3. The maximum absolute atomic E-state index is 5.98. The fourth-order valence-corrected chi connectivity index (χ4v) is 3.04. The molecular formula is C17H24O2. The minimum absolute atomic E-state index is 0.00931. The molecule has 0 aromatic heterocycles. The highest BCUT2D eigenvalue weighted by Crippen LogP contribution is 2.53. The van der Waals surface area contributed by atoms with E-state index in [-0.39, 0.29) is 16.9 Å². The number of hydrogen-bond donors (Lipinski definition) is 0. The fraction of sp³-hybridized carbons (Fsp3) is 0.529. The predicted octanol–water partition coefficient (Wildman–Crippen LogP) is 4.72. The van der Waals surface area contributed by atoms with Crippen molar-refractivity contribution in [3.8, 4) is 5.75 Å². The molecule has 0 aliphatic carbocycles. The van der Waals surface area contributed by atoms with Crippen LogP contribution in [0.2, 0.25) is 0 Å². The molecule has 2 nitrogen and oxygen atoms in total. The maximum Gasteiger partial charge on any atom is 0.132 e. The first-order chi connectivity index (χ1) is 8.76. The molecule has 0 N–H and O–H groups in total. The second kappa shape index (κ2) is 4.59. The van der Waals surface area contributed by atoms with Crippen LogP contribution in [-0.4, -0.2) is 7.11 Å². The topological polar surface area (TPSA) is 18.5 Å². The molecular weight excluding hydrogens is 236 g/mol. The second-order valence-electron chi connectivity index (χ2n) is 6.80. The van der Waals surface area contributed by atoms with Crippen molar-refractivity contribution < 1.29 is 9.47 Å². The number of methoxy groups -OCH3 is 1. The molecule has 0 amide bonds. The van der Waals surface area contributed by atoms with Crippen LogP contribution in [0.15, 0.2) is 36.1 Å². The summed E-state index contributed by atoms with van der Waals surface area (Å²) >= 11 is 0. The maximum atomic E-state index is 5.98. The molecule has 0 saturated carbocycles. The summed E-state index contributed by atoms with van der Waals surface area (Å²) in [6, 6.07) is 8.15. The van der Waals surface area contributed by atoms with Gasteiger partial charge in [0.1, 0.15) is 11.9 Å². The summed E-state index contributed by atoms with van der Waals surface area (Å²) < 4.78 is 11.3. The smallest absolute Gasteiger partial charge is 0.132 e. The van der Waals surface area contributed by atoms with Crippen molar-refractivity contribution in [1.29, 1.82) is 0 Å². The quantitative estimate of drug-likeness (QED) is 0.765. The van der Waals surface area contributed by atoms with Gasteiger partial charge in [-0.1, -0.05) is 46.8 Å². The van der Waals surface area contributed by atoms with Crippen LogP contribution >= 0.6 is 0 Å². The van der Waals surface area contributed by atoms with Gasteiger partial charge in [-0.05, 0) is 28.7 Å². The van der Waals surface area contributed by atoms with Gasteiger partial charge in [0.15, 0.2) is 0 Å². The highest BCUT2D eigenvalue weighted by atomic mass is 16.5. The molecule has 2 rings (SSSR count). The van der Waals surface area contributed by atoms with Gasteiger partial charge in [0.25, 0.3) is 0 Å². The largest absolute Gasteiger partial charge is 0.497 e. The monoisotopic (exact) mass is 260 g/mol. The van der Waals surface area contributed by atoms with Crippen molar-refractivity contribution in [2.24, 2.45) is 10.8 Å². The fourth-order valence-electron chi connectivity index (χ4n) is 3.04. The van der Waals surface area contributed by atoms with Crippen molar-refractivity contribution in [3.05, 3.63) is 41.7 Å². The first-order valence-corrected chi connectivity index (χ1v) is 6.77. The molecule has 1 heterocycles. The summed E-state index contributed by atoms with van der Waals surface area (Å²) in [5.41, 5.74) is 2.63. The lowest BCUT2D eigenvalue weighted by Crippen LogP contribution is -2.27. The molecule has 104 valence electrons. The summed E-state index contributed by atoms with van der Waals surface area (Å²) in [5.74, 6) is 0.876. The molecule has 0 spiro atoms. The lowest BCUT2D eigenvalue weighted by molar-refractivity contribution is 0.0885. The first-order valence-electron chi connectivity index (χ1n) is 6.77. The van der Waals surface area contributed by atoms with Gasteiger partial charge < -0.3 is 9.47 Å². The third-order valence-corrected chi connectivity index (χ3v) is 3.88. The Morgan fingerprint density at radius 1 is 1.21 bits per heavy atom. The Bertz CT molecular complexity index is 492. The van der Waals surface area contributed by atoms with Gasteiger partial charge in [0, 0.05) is 5.41 Å². The summed E-state index contributed by atoms with van der Waals surface area (Å²) in [7, 11) is 1.69. The van der Waals surface area contributed by atoms with Crippen molar-refractivity contribution in [2.45, 2.75) is 40.7 Å². The van der Waals surface area contributed by atoms with Gasteiger partial charge in [0.2, 0.25) is 0 Å². The van der Waals surface area contributed by atoms with Crippen LogP contribution in [0.5, 0.6) is 5.75 Å². The molecule has 0 saturated heterocycles. The Labute approximate surface area is 116 Å². The highest BCUT2D eigenvalue weighted by molar-refractivity contribution is 5.35. The molecule has 1 aliphatic rings. The molecule has 19 heavy (non-hydrogen) atoms. The third kappa shape index (κ3) is 2.49. The first kappa shape index (κ1) is 14.0. The van der Waals surface area contributed by atoms with Crippen molar-refractivity contribution in [3.63, 3.8) is 0 Å². The number of benzene rings is 1. The van der Waals surface area contributed by atoms with Crippen LogP contribution in [-0.2, 0) is 4.74 Å². The van der Waals surface area contributed by atoms with Crippen molar-refractivity contribution in [2.75, 3.05) is 7.11 Å². The lowest BCUT2D eigenvalue weighted by Gasteiger charge is -2.35. The average Bonchev–Trinajstić information content (AvgIpc) is 2.64. The molecule has 1 aliphatic heterocycles. The molecule has 1 atom stereocenters. The molecule has 0 bridgehead atoms. The van der Waals surface area contributed by atoms with Crippen molar-refractivity contribution in [1.82, 2.24) is 0 Å². The van der Waals surface area contributed by atoms with Crippen LogP contribution < -0.4 is 4.74 Å². The Kier molecular flexibility index (Phi) is 3.38. The molecule has 2 heteroatoms. The molecule has 0 fully saturated rings. The third-order valence-electron chi connectivity index (χ3n) is 3.88. The van der Waals surface area contributed by atoms with Crippen LogP contribution in [0.1, 0.15) is 46.3 Å². The van der Waals surface area contributed by atoms with Gasteiger partial charge in [0.05, 0.1) is 13.4 Å². The van der Waals surface area contributed by atoms with Gasteiger partial charge in [-0.15, -0.1) is 0 Å². The Balaban J connectivity index is 2.34. The Morgan fingerprint density at radius 2 is 1.89 bits per heavy atom. The zero-order valence-corrected chi connectivity index (χ0v) is 12.8. The normalized spacial score (nSPS) is 21.8. The minimum Gasteiger partial charge on any atom is -0.497 e. The van der Waals surface area contributed by atoms with E-state index in [0.717, 1.165) is 5.75 Å². The SMILES string of the molecule is COc1cccc(C2OC=C(C(C)(C)C)C2(C)C)c1. The minimum atomic E-state index is -0.00931. The van der Waals surface area contributed by atoms with E-state index in [2.05, 4.69) is 46.8 Å². The van der Waals surface area contributed by atoms with E-state index in [0.29, 0.717) is 0 Å². The predicted molar refractivity (Wildman–Crippen MR) is 78.1 cm³/mol. The Morgan fingerprint density at radius 3 is 2.42 bits per heavy atom. The molecule has 0 radical (unpaired) electrons. The molecule has 1 aromatic carbocycles. The highest BCUT2D eigenvalue weighted by Gasteiger charge is 2.44. The lowest BCUT2D eigenvalue weighted by atomic mass is 9.68. The van der Waals surface area contributed by atoms with Crippen molar-refractivity contribution >= 4 is 0 Å². The summed E-state index contributed by atoms with van der Waals surface area (Å²) in [6.07, 6.45) is 2.00. The second-order valence-corrected chi connectivity index (χ2v) is 6.80. The van der Waals surface area contributed by atoms with Gasteiger partial charge in [-0.2, -0.15) is 0 Å². The van der Waals surface area contributed by atoms with Crippen LogP contribution in [0, 0.1) is 10.8 Å². The van der Waals surface area contributed by atoms with E-state index in [4.69, 9.17) is 9.47 Å². The van der Waals surface area contributed by atoms with E-state index in [9.17, 15) is 0 Å². The van der Waals surface area contributed by atoms with E-state index in [1.807, 2.05) is 18.4 Å². The van der Waals surface area contributed by atoms with Crippen LogP contribution in [0.4, 0.5) is 0 Å². The number of hydrogen-bond acceptors (Lipinski definition) is 2. The van der Waals surface area contributed by atoms with Gasteiger partial charge in [-0.25, -0.2) is 0 Å². The van der Waals surface area contributed by atoms with E-state index in [1.54, 1.807) is 7.11 Å². The molecule has 1 aromatic rings. The summed E-state index contributed by atoms with van der Waals surface area (Å²) in [6.45, 7) is 11.2. The summed E-state index contributed by atoms with van der Waals surface area (Å²) in [5, 5.41) is 0. The number of rotatable bonds is 2. The van der Waals surface area contributed by atoms with E-state index < -0.39 is 0 Å². The van der Waals surface area contributed by atoms with E-state index >= 15 is 0 Å². The van der Waals surface area contributed by atoms with Crippen LogP contribution in [0.3, 0.4) is 0 Å². The van der Waals surface area contributed by atoms with E-state index in [1.165, 1.54) is 11.1 Å². The van der Waals surface area contributed by atoms with Crippen LogP contribution in [0.25, 0.3) is 0 Å². The Hall–Kier alpha value is -1.44.